The largest absolute Gasteiger partial charge is 0.455 e. The number of alkyl halides is 8. The highest BCUT2D eigenvalue weighted by molar-refractivity contribution is 7.91. The third kappa shape index (κ3) is 4.56. The van der Waals surface area contributed by atoms with Gasteiger partial charge in [0.2, 0.25) is 0 Å². The first kappa shape index (κ1) is 25.7. The highest BCUT2D eigenvalue weighted by atomic mass is 32.2. The van der Waals surface area contributed by atoms with Crippen molar-refractivity contribution >= 4 is 31.8 Å². The first-order valence-electron chi connectivity index (χ1n) is 9.91. The maximum absolute atomic E-state index is 13.5. The van der Waals surface area contributed by atoms with Crippen molar-refractivity contribution in [1.29, 1.82) is 0 Å². The number of hydrogen-bond donors (Lipinski definition) is 0. The lowest BCUT2D eigenvalue weighted by Gasteiger charge is -2.19. The zero-order valence-electron chi connectivity index (χ0n) is 17.9. The number of sulfone groups is 1. The molecular formula is C20H13F8N5O2S. The zero-order valence-corrected chi connectivity index (χ0v) is 18.7. The van der Waals surface area contributed by atoms with Crippen LogP contribution in [0, 0.1) is 0 Å². The average molecular weight is 539 g/mol. The highest BCUT2D eigenvalue weighted by Gasteiger charge is 2.57. The lowest BCUT2D eigenvalue weighted by molar-refractivity contribution is -0.287. The Morgan fingerprint density at radius 1 is 0.889 bits per heavy atom. The van der Waals surface area contributed by atoms with Gasteiger partial charge >= 0.3 is 18.3 Å². The Balaban J connectivity index is 1.87. The fourth-order valence-corrected chi connectivity index (χ4v) is 4.42. The number of nitrogens with zero attached hydrogens (tertiary/aromatic N) is 5. The summed E-state index contributed by atoms with van der Waals surface area (Å²) >= 11 is 0. The molecule has 0 bridgehead atoms. The summed E-state index contributed by atoms with van der Waals surface area (Å²) in [7, 11) is -4.04. The van der Waals surface area contributed by atoms with Crippen molar-refractivity contribution in [3.63, 3.8) is 0 Å². The predicted octanol–water partition coefficient (Wildman–Crippen LogP) is 5.05. The van der Waals surface area contributed by atoms with Crippen molar-refractivity contribution in [3.05, 3.63) is 42.5 Å². The van der Waals surface area contributed by atoms with Gasteiger partial charge in [0.05, 0.1) is 51.5 Å². The summed E-state index contributed by atoms with van der Waals surface area (Å²) < 4.78 is 130. The Hall–Kier alpha value is -3.43. The van der Waals surface area contributed by atoms with E-state index in [1.165, 1.54) is 13.0 Å². The second kappa shape index (κ2) is 8.31. The van der Waals surface area contributed by atoms with Crippen LogP contribution in [0.4, 0.5) is 35.1 Å². The van der Waals surface area contributed by atoms with Gasteiger partial charge in [-0.2, -0.15) is 40.2 Å². The molecule has 3 aromatic heterocycles. The summed E-state index contributed by atoms with van der Waals surface area (Å²) in [6.07, 6.45) is -8.21. The van der Waals surface area contributed by atoms with E-state index < -0.39 is 51.0 Å². The van der Waals surface area contributed by atoms with Crippen LogP contribution < -0.4 is 0 Å². The summed E-state index contributed by atoms with van der Waals surface area (Å²) in [5.74, 6) is -5.50. The van der Waals surface area contributed by atoms with E-state index >= 15 is 0 Å². The molecule has 0 aliphatic carbocycles. The number of benzene rings is 1. The molecule has 0 N–H and O–H groups in total. The SMILES string of the molecule is CCS(=O)(=O)c1cc2nc(C(F)(F)F)cnc2cc1-c1cc2cnn(CC(F)(F)C(F)(F)F)c2cn1. The van der Waals surface area contributed by atoms with Gasteiger partial charge < -0.3 is 0 Å². The topological polar surface area (TPSA) is 90.6 Å². The maximum Gasteiger partial charge on any atom is 0.455 e. The molecule has 0 saturated heterocycles. The van der Waals surface area contributed by atoms with E-state index in [1.54, 1.807) is 0 Å². The highest BCUT2D eigenvalue weighted by Crippen LogP contribution is 2.38. The summed E-state index contributed by atoms with van der Waals surface area (Å²) in [5, 5.41) is 3.61. The van der Waals surface area contributed by atoms with Crippen molar-refractivity contribution in [3.8, 4) is 11.3 Å². The molecule has 0 spiro atoms. The molecule has 4 rings (SSSR count). The van der Waals surface area contributed by atoms with Crippen LogP contribution in [0.2, 0.25) is 0 Å². The summed E-state index contributed by atoms with van der Waals surface area (Å²) in [6, 6.07) is 3.28. The predicted molar refractivity (Wildman–Crippen MR) is 110 cm³/mol. The monoisotopic (exact) mass is 539 g/mol. The molecule has 4 aromatic rings. The minimum atomic E-state index is -5.81. The van der Waals surface area contributed by atoms with Crippen LogP contribution in [0.5, 0.6) is 0 Å². The molecule has 3 heterocycles. The van der Waals surface area contributed by atoms with Crippen LogP contribution in [0.1, 0.15) is 12.6 Å². The van der Waals surface area contributed by atoms with Crippen LogP contribution in [0.3, 0.4) is 0 Å². The van der Waals surface area contributed by atoms with Crippen molar-refractivity contribution in [2.24, 2.45) is 0 Å². The molecule has 0 aliphatic rings. The Kier molecular flexibility index (Phi) is 5.93. The quantitative estimate of drug-likeness (QED) is 0.330. The first-order valence-corrected chi connectivity index (χ1v) is 11.6. The lowest BCUT2D eigenvalue weighted by atomic mass is 10.1. The van der Waals surface area contributed by atoms with Gasteiger partial charge in [0.1, 0.15) is 6.54 Å². The molecule has 1 aromatic carbocycles. The third-order valence-electron chi connectivity index (χ3n) is 5.22. The Labute approximate surface area is 196 Å². The first-order chi connectivity index (χ1) is 16.5. The minimum absolute atomic E-state index is 0.0553. The van der Waals surface area contributed by atoms with Crippen molar-refractivity contribution in [2.75, 3.05) is 5.75 Å². The molecule has 0 saturated carbocycles. The van der Waals surface area contributed by atoms with E-state index in [2.05, 4.69) is 20.1 Å². The molecular weight excluding hydrogens is 526 g/mol. The molecule has 192 valence electrons. The number of aromatic nitrogens is 5. The second-order valence-corrected chi connectivity index (χ2v) is 9.87. The van der Waals surface area contributed by atoms with Crippen LogP contribution in [0.25, 0.3) is 33.2 Å². The maximum atomic E-state index is 13.5. The Bertz CT molecular complexity index is 1580. The molecule has 36 heavy (non-hydrogen) atoms. The molecule has 7 nitrogen and oxygen atoms in total. The van der Waals surface area contributed by atoms with Gasteiger partial charge in [0, 0.05) is 10.9 Å². The van der Waals surface area contributed by atoms with Crippen LogP contribution >= 0.6 is 0 Å². The second-order valence-electron chi connectivity index (χ2n) is 7.63. The van der Waals surface area contributed by atoms with E-state index in [0.29, 0.717) is 10.9 Å². The number of rotatable bonds is 5. The fourth-order valence-electron chi connectivity index (χ4n) is 3.32. The molecule has 0 amide bonds. The molecule has 0 fully saturated rings. The number of pyridine rings is 1. The fraction of sp³-hybridized carbons (Fsp3) is 0.300. The number of fused-ring (bicyclic) bond motifs is 2. The van der Waals surface area contributed by atoms with Gasteiger partial charge in [-0.25, -0.2) is 13.4 Å². The van der Waals surface area contributed by atoms with Crippen molar-refractivity contribution in [1.82, 2.24) is 24.7 Å². The smallest absolute Gasteiger partial charge is 0.257 e. The van der Waals surface area contributed by atoms with Gasteiger partial charge in [-0.15, -0.1) is 0 Å². The summed E-state index contributed by atoms with van der Waals surface area (Å²) in [6.45, 7) is -0.494. The minimum Gasteiger partial charge on any atom is -0.257 e. The van der Waals surface area contributed by atoms with E-state index in [1.807, 2.05) is 0 Å². The van der Waals surface area contributed by atoms with Crippen LogP contribution in [0.15, 0.2) is 41.7 Å². The molecule has 16 heteroatoms. The molecule has 0 unspecified atom stereocenters. The Morgan fingerprint density at radius 2 is 1.58 bits per heavy atom. The van der Waals surface area contributed by atoms with E-state index in [4.69, 9.17) is 0 Å². The molecule has 0 radical (unpaired) electrons. The number of hydrogen-bond acceptors (Lipinski definition) is 6. The van der Waals surface area contributed by atoms with E-state index in [9.17, 15) is 43.5 Å². The normalized spacial score (nSPS) is 13.6. The lowest BCUT2D eigenvalue weighted by Crippen LogP contribution is -2.40. The standard InChI is InChI=1S/C20H13F8N5O2S/c1-2-36(34,35)16-5-14-13(30-8-17(32-14)19(23,24)25)4-11(16)12-3-10-6-31-33(15(10)7-29-12)9-18(21,22)20(26,27)28/h3-8H,2,9H2,1H3. The molecule has 0 aliphatic heterocycles. The van der Waals surface area contributed by atoms with E-state index in [0.717, 1.165) is 24.5 Å². The van der Waals surface area contributed by atoms with Crippen molar-refractivity contribution < 1.29 is 43.5 Å². The average Bonchev–Trinajstić information content (AvgIpc) is 3.17. The van der Waals surface area contributed by atoms with Crippen LogP contribution in [-0.2, 0) is 22.6 Å². The van der Waals surface area contributed by atoms with Gasteiger partial charge in [0.15, 0.2) is 15.5 Å². The van der Waals surface area contributed by atoms with Gasteiger partial charge in [-0.3, -0.25) is 14.6 Å². The third-order valence-corrected chi connectivity index (χ3v) is 6.98. The van der Waals surface area contributed by atoms with Crippen molar-refractivity contribution in [2.45, 2.75) is 36.6 Å². The molecule has 0 atom stereocenters. The Morgan fingerprint density at radius 3 is 2.19 bits per heavy atom. The van der Waals surface area contributed by atoms with E-state index in [-0.39, 0.29) is 33.2 Å². The zero-order chi connectivity index (χ0) is 26.7. The van der Waals surface area contributed by atoms with Gasteiger partial charge in [-0.05, 0) is 18.2 Å². The number of halogens is 8. The van der Waals surface area contributed by atoms with Gasteiger partial charge in [0.25, 0.3) is 0 Å². The van der Waals surface area contributed by atoms with Gasteiger partial charge in [-0.1, -0.05) is 6.92 Å². The van der Waals surface area contributed by atoms with Crippen LogP contribution in [-0.4, -0.2) is 51.0 Å². The summed E-state index contributed by atoms with van der Waals surface area (Å²) in [5.41, 5.74) is -2.07. The summed E-state index contributed by atoms with van der Waals surface area (Å²) in [4.78, 5) is 10.7.